The maximum Gasteiger partial charge on any atom is 0.180 e. The molecule has 0 fully saturated rings. The second-order valence-electron chi connectivity index (χ2n) is 3.80. The monoisotopic (exact) mass is 266 g/mol. The number of benzene rings is 1. The number of hydrogen-bond donors (Lipinski definition) is 1. The minimum absolute atomic E-state index is 0.513. The van der Waals surface area contributed by atoms with Crippen LogP contribution in [0.15, 0.2) is 29.1 Å². The fourth-order valence-electron chi connectivity index (χ4n) is 1.71. The van der Waals surface area contributed by atoms with Crippen LogP contribution in [0.5, 0.6) is 11.5 Å². The Hall–Kier alpha value is -1.88. The first-order valence-corrected chi connectivity index (χ1v) is 5.91. The van der Waals surface area contributed by atoms with Crippen LogP contribution < -0.4 is 14.8 Å². The van der Waals surface area contributed by atoms with E-state index in [0.717, 1.165) is 11.4 Å². The standard InChI is InChI=1S/C12H11ClN2O3/c13-9-3-11-12(17-2-1-16-11)4-10(9)15-6-8-5-14-7-18-8/h3-5,7,15H,1-2,6H2. The van der Waals surface area contributed by atoms with Crippen LogP contribution in [0.1, 0.15) is 5.76 Å². The molecule has 1 aliphatic heterocycles. The minimum atomic E-state index is 0.513. The number of halogens is 1. The molecule has 1 N–H and O–H groups in total. The summed E-state index contributed by atoms with van der Waals surface area (Å²) in [5.74, 6) is 2.11. The van der Waals surface area contributed by atoms with Crippen molar-refractivity contribution in [3.05, 3.63) is 35.5 Å². The summed E-state index contributed by atoms with van der Waals surface area (Å²) >= 11 is 6.16. The van der Waals surface area contributed by atoms with Gasteiger partial charge in [-0.3, -0.25) is 0 Å². The van der Waals surface area contributed by atoms with Crippen molar-refractivity contribution >= 4 is 17.3 Å². The molecule has 0 unspecified atom stereocenters. The second-order valence-corrected chi connectivity index (χ2v) is 4.20. The van der Waals surface area contributed by atoms with Crippen molar-refractivity contribution in [2.24, 2.45) is 0 Å². The predicted octanol–water partition coefficient (Wildman–Crippen LogP) is 2.71. The Balaban J connectivity index is 1.79. The van der Waals surface area contributed by atoms with Crippen LogP contribution in [0.4, 0.5) is 5.69 Å². The van der Waals surface area contributed by atoms with E-state index in [1.165, 1.54) is 6.39 Å². The van der Waals surface area contributed by atoms with Gasteiger partial charge in [-0.1, -0.05) is 11.6 Å². The molecule has 0 saturated carbocycles. The molecule has 1 aromatic heterocycles. The van der Waals surface area contributed by atoms with Crippen molar-refractivity contribution in [3.63, 3.8) is 0 Å². The Morgan fingerprint density at radius 1 is 1.22 bits per heavy atom. The average Bonchev–Trinajstić information content (AvgIpc) is 2.89. The van der Waals surface area contributed by atoms with Gasteiger partial charge in [0.2, 0.25) is 0 Å². The largest absolute Gasteiger partial charge is 0.486 e. The summed E-state index contributed by atoms with van der Waals surface area (Å²) in [6, 6.07) is 3.58. The first-order valence-electron chi connectivity index (χ1n) is 5.53. The van der Waals surface area contributed by atoms with Crippen LogP contribution in [0.3, 0.4) is 0 Å². The highest BCUT2D eigenvalue weighted by Gasteiger charge is 2.15. The van der Waals surface area contributed by atoms with Crippen molar-refractivity contribution in [2.45, 2.75) is 6.54 Å². The molecule has 1 aliphatic rings. The number of fused-ring (bicyclic) bond motifs is 1. The van der Waals surface area contributed by atoms with E-state index in [9.17, 15) is 0 Å². The molecule has 0 saturated heterocycles. The van der Waals surface area contributed by atoms with Crippen molar-refractivity contribution in [1.29, 1.82) is 0 Å². The van der Waals surface area contributed by atoms with E-state index in [1.807, 2.05) is 6.07 Å². The van der Waals surface area contributed by atoms with E-state index in [0.29, 0.717) is 36.3 Å². The Kier molecular flexibility index (Phi) is 2.98. The number of oxazole rings is 1. The Morgan fingerprint density at radius 3 is 2.72 bits per heavy atom. The van der Waals surface area contributed by atoms with E-state index in [4.69, 9.17) is 25.5 Å². The molecule has 3 rings (SSSR count). The lowest BCUT2D eigenvalue weighted by Crippen LogP contribution is -2.15. The molecule has 5 nitrogen and oxygen atoms in total. The molecule has 0 aliphatic carbocycles. The van der Waals surface area contributed by atoms with Crippen LogP contribution in [0, 0.1) is 0 Å². The lowest BCUT2D eigenvalue weighted by atomic mass is 10.2. The third-order valence-corrected chi connectivity index (χ3v) is 2.88. The molecular formula is C12H11ClN2O3. The van der Waals surface area contributed by atoms with Crippen LogP contribution in [0.2, 0.25) is 5.02 Å². The van der Waals surface area contributed by atoms with Crippen molar-refractivity contribution in [1.82, 2.24) is 4.98 Å². The van der Waals surface area contributed by atoms with E-state index in [-0.39, 0.29) is 0 Å². The molecular weight excluding hydrogens is 256 g/mol. The molecule has 0 radical (unpaired) electrons. The predicted molar refractivity (Wildman–Crippen MR) is 66.3 cm³/mol. The molecule has 0 spiro atoms. The number of rotatable bonds is 3. The molecule has 6 heteroatoms. The zero-order valence-electron chi connectivity index (χ0n) is 9.48. The normalized spacial score (nSPS) is 13.4. The van der Waals surface area contributed by atoms with E-state index in [2.05, 4.69) is 10.3 Å². The smallest absolute Gasteiger partial charge is 0.180 e. The maximum absolute atomic E-state index is 6.16. The summed E-state index contributed by atoms with van der Waals surface area (Å²) in [5, 5.41) is 3.75. The zero-order chi connectivity index (χ0) is 12.4. The van der Waals surface area contributed by atoms with Gasteiger partial charge >= 0.3 is 0 Å². The van der Waals surface area contributed by atoms with E-state index >= 15 is 0 Å². The van der Waals surface area contributed by atoms with Gasteiger partial charge in [0, 0.05) is 12.1 Å². The van der Waals surface area contributed by atoms with Gasteiger partial charge in [0.1, 0.15) is 19.0 Å². The van der Waals surface area contributed by atoms with Crippen LogP contribution in [-0.4, -0.2) is 18.2 Å². The first-order chi connectivity index (χ1) is 8.83. The lowest BCUT2D eigenvalue weighted by molar-refractivity contribution is 0.171. The maximum atomic E-state index is 6.16. The molecule has 2 aromatic rings. The quantitative estimate of drug-likeness (QED) is 0.926. The summed E-state index contributed by atoms with van der Waals surface area (Å²) in [5.41, 5.74) is 0.775. The van der Waals surface area contributed by atoms with Gasteiger partial charge in [-0.05, 0) is 0 Å². The molecule has 1 aromatic carbocycles. The van der Waals surface area contributed by atoms with Gasteiger partial charge in [-0.25, -0.2) is 4.98 Å². The van der Waals surface area contributed by atoms with Crippen LogP contribution in [-0.2, 0) is 6.54 Å². The molecule has 18 heavy (non-hydrogen) atoms. The second kappa shape index (κ2) is 4.78. The number of aromatic nitrogens is 1. The average molecular weight is 267 g/mol. The van der Waals surface area contributed by atoms with Crippen molar-refractivity contribution < 1.29 is 13.9 Å². The van der Waals surface area contributed by atoms with Crippen LogP contribution >= 0.6 is 11.6 Å². The topological polar surface area (TPSA) is 56.5 Å². The van der Waals surface area contributed by atoms with E-state index in [1.54, 1.807) is 12.3 Å². The summed E-state index contributed by atoms with van der Waals surface area (Å²) in [4.78, 5) is 3.84. The Labute approximate surface area is 109 Å². The molecule has 0 atom stereocenters. The Bertz CT molecular complexity index is 543. The van der Waals surface area contributed by atoms with Crippen molar-refractivity contribution in [2.75, 3.05) is 18.5 Å². The van der Waals surface area contributed by atoms with Gasteiger partial charge in [0.15, 0.2) is 17.9 Å². The number of hydrogen-bond acceptors (Lipinski definition) is 5. The fourth-order valence-corrected chi connectivity index (χ4v) is 1.93. The first kappa shape index (κ1) is 11.2. The number of nitrogens with one attached hydrogen (secondary N) is 1. The third-order valence-electron chi connectivity index (χ3n) is 2.57. The molecule has 94 valence electrons. The number of ether oxygens (including phenoxy) is 2. The molecule has 0 bridgehead atoms. The third kappa shape index (κ3) is 2.22. The highest BCUT2D eigenvalue weighted by Crippen LogP contribution is 2.38. The number of anilines is 1. The lowest BCUT2D eigenvalue weighted by Gasteiger charge is -2.20. The van der Waals surface area contributed by atoms with Gasteiger partial charge in [-0.15, -0.1) is 0 Å². The summed E-state index contributed by atoms with van der Waals surface area (Å²) in [6.07, 6.45) is 3.04. The number of nitrogens with zero attached hydrogens (tertiary/aromatic N) is 1. The van der Waals surface area contributed by atoms with Gasteiger partial charge in [-0.2, -0.15) is 0 Å². The van der Waals surface area contributed by atoms with Crippen LogP contribution in [0.25, 0.3) is 0 Å². The van der Waals surface area contributed by atoms with Crippen molar-refractivity contribution in [3.8, 4) is 11.5 Å². The van der Waals surface area contributed by atoms with Gasteiger partial charge in [0.05, 0.1) is 23.5 Å². The highest BCUT2D eigenvalue weighted by molar-refractivity contribution is 6.33. The summed E-state index contributed by atoms with van der Waals surface area (Å²) in [6.45, 7) is 1.61. The summed E-state index contributed by atoms with van der Waals surface area (Å²) in [7, 11) is 0. The fraction of sp³-hybridized carbons (Fsp3) is 0.250. The Morgan fingerprint density at radius 2 is 2.00 bits per heavy atom. The van der Waals surface area contributed by atoms with Gasteiger partial charge in [0.25, 0.3) is 0 Å². The summed E-state index contributed by atoms with van der Waals surface area (Å²) < 4.78 is 16.1. The van der Waals surface area contributed by atoms with E-state index < -0.39 is 0 Å². The highest BCUT2D eigenvalue weighted by atomic mass is 35.5. The molecule has 0 amide bonds. The zero-order valence-corrected chi connectivity index (χ0v) is 10.2. The SMILES string of the molecule is Clc1cc2c(cc1NCc1cnco1)OCCO2. The van der Waals surface area contributed by atoms with Gasteiger partial charge < -0.3 is 19.2 Å². The molecule has 2 heterocycles. The minimum Gasteiger partial charge on any atom is -0.486 e.